The lowest BCUT2D eigenvalue weighted by atomic mass is 10.2. The lowest BCUT2D eigenvalue weighted by molar-refractivity contribution is -0.145. The number of amides is 1. The molecular weight excluding hydrogens is 270 g/mol. The number of ether oxygens (including phenoxy) is 1. The molecule has 0 aliphatic carbocycles. The Labute approximate surface area is 111 Å². The Morgan fingerprint density at radius 3 is 2.32 bits per heavy atom. The van der Waals surface area contributed by atoms with E-state index in [9.17, 15) is 18.0 Å². The number of sulfonamides is 1. The molecular formula is C12H15NO5S. The van der Waals surface area contributed by atoms with Crippen LogP contribution in [0.2, 0.25) is 0 Å². The van der Waals surface area contributed by atoms with Crippen LogP contribution in [0.3, 0.4) is 0 Å². The third kappa shape index (κ3) is 4.70. The van der Waals surface area contributed by atoms with Crippen molar-refractivity contribution in [1.82, 2.24) is 4.72 Å². The van der Waals surface area contributed by atoms with Crippen molar-refractivity contribution < 1.29 is 22.7 Å². The summed E-state index contributed by atoms with van der Waals surface area (Å²) in [7, 11) is -3.94. The van der Waals surface area contributed by atoms with Gasteiger partial charge in [-0.05, 0) is 26.0 Å². The molecule has 0 aromatic heterocycles. The second-order valence-electron chi connectivity index (χ2n) is 3.82. The monoisotopic (exact) mass is 285 g/mol. The highest BCUT2D eigenvalue weighted by molar-refractivity contribution is 7.90. The van der Waals surface area contributed by atoms with Gasteiger partial charge in [0.2, 0.25) is 5.91 Å². The van der Waals surface area contributed by atoms with Crippen molar-refractivity contribution in [1.29, 1.82) is 0 Å². The third-order valence-corrected chi connectivity index (χ3v) is 3.58. The van der Waals surface area contributed by atoms with Crippen LogP contribution in [0.15, 0.2) is 29.2 Å². The van der Waals surface area contributed by atoms with E-state index in [1.807, 2.05) is 11.6 Å². The molecule has 1 aromatic rings. The fourth-order valence-electron chi connectivity index (χ4n) is 1.31. The molecule has 6 nitrogen and oxygen atoms in total. The van der Waals surface area contributed by atoms with E-state index in [2.05, 4.69) is 4.74 Å². The van der Waals surface area contributed by atoms with Crippen molar-refractivity contribution in [3.8, 4) is 0 Å². The number of hydrogen-bond acceptors (Lipinski definition) is 5. The highest BCUT2D eigenvalue weighted by Gasteiger charge is 2.19. The van der Waals surface area contributed by atoms with Crippen molar-refractivity contribution in [3.63, 3.8) is 0 Å². The van der Waals surface area contributed by atoms with E-state index in [0.29, 0.717) is 0 Å². The van der Waals surface area contributed by atoms with Gasteiger partial charge in [-0.25, -0.2) is 13.1 Å². The van der Waals surface area contributed by atoms with E-state index in [1.54, 1.807) is 19.1 Å². The van der Waals surface area contributed by atoms with Gasteiger partial charge in [-0.3, -0.25) is 9.59 Å². The summed E-state index contributed by atoms with van der Waals surface area (Å²) in [6, 6.07) is 6.00. The third-order valence-electron chi connectivity index (χ3n) is 2.19. The Morgan fingerprint density at radius 2 is 1.79 bits per heavy atom. The zero-order valence-electron chi connectivity index (χ0n) is 10.7. The summed E-state index contributed by atoms with van der Waals surface area (Å²) < 4.78 is 30.0. The molecule has 7 heteroatoms. The van der Waals surface area contributed by atoms with Gasteiger partial charge in [0.1, 0.15) is 6.42 Å². The van der Waals surface area contributed by atoms with Crippen LogP contribution < -0.4 is 4.72 Å². The van der Waals surface area contributed by atoms with Gasteiger partial charge in [0, 0.05) is 0 Å². The molecule has 1 aromatic carbocycles. The standard InChI is InChI=1S/C12H15NO5S/c1-3-18-12(15)8-11(14)13-19(16,17)10-6-4-9(2)5-7-10/h4-7H,3,8H2,1-2H3,(H,13,14). The van der Waals surface area contributed by atoms with Crippen molar-refractivity contribution >= 4 is 21.9 Å². The maximum absolute atomic E-state index is 11.8. The largest absolute Gasteiger partial charge is 0.466 e. The maximum atomic E-state index is 11.8. The first-order valence-electron chi connectivity index (χ1n) is 5.63. The van der Waals surface area contributed by atoms with Gasteiger partial charge in [0.25, 0.3) is 10.0 Å². The summed E-state index contributed by atoms with van der Waals surface area (Å²) in [6.07, 6.45) is -0.626. The lowest BCUT2D eigenvalue weighted by Gasteiger charge is -2.07. The van der Waals surface area contributed by atoms with E-state index in [-0.39, 0.29) is 11.5 Å². The van der Waals surface area contributed by atoms with Gasteiger partial charge >= 0.3 is 5.97 Å². The second-order valence-corrected chi connectivity index (χ2v) is 5.51. The Balaban J connectivity index is 2.72. The molecule has 0 heterocycles. The van der Waals surface area contributed by atoms with Crippen LogP contribution in [0, 0.1) is 6.92 Å². The summed E-state index contributed by atoms with van der Waals surface area (Å²) >= 11 is 0. The minimum atomic E-state index is -3.94. The Kier molecular flexibility index (Phi) is 5.05. The molecule has 0 radical (unpaired) electrons. The molecule has 0 saturated carbocycles. The van der Waals surface area contributed by atoms with E-state index in [0.717, 1.165) is 5.56 Å². The van der Waals surface area contributed by atoms with Crippen molar-refractivity contribution in [3.05, 3.63) is 29.8 Å². The van der Waals surface area contributed by atoms with Crippen LogP contribution in [0.4, 0.5) is 0 Å². The number of aryl methyl sites for hydroxylation is 1. The van der Waals surface area contributed by atoms with Crippen molar-refractivity contribution in [2.75, 3.05) is 6.61 Å². The molecule has 19 heavy (non-hydrogen) atoms. The van der Waals surface area contributed by atoms with Gasteiger partial charge in [-0.2, -0.15) is 0 Å². The van der Waals surface area contributed by atoms with Crippen LogP contribution in [0.5, 0.6) is 0 Å². The van der Waals surface area contributed by atoms with Gasteiger partial charge < -0.3 is 4.74 Å². The van der Waals surface area contributed by atoms with E-state index in [1.165, 1.54) is 12.1 Å². The Morgan fingerprint density at radius 1 is 1.21 bits per heavy atom. The molecule has 0 fully saturated rings. The molecule has 1 N–H and O–H groups in total. The summed E-state index contributed by atoms with van der Waals surface area (Å²) in [4.78, 5) is 22.4. The number of benzene rings is 1. The molecule has 0 saturated heterocycles. The topological polar surface area (TPSA) is 89.5 Å². The smallest absolute Gasteiger partial charge is 0.315 e. The first kappa shape index (κ1) is 15.2. The highest BCUT2D eigenvalue weighted by atomic mass is 32.2. The van der Waals surface area contributed by atoms with E-state index in [4.69, 9.17) is 0 Å². The van der Waals surface area contributed by atoms with E-state index >= 15 is 0 Å². The van der Waals surface area contributed by atoms with Crippen LogP contribution in [0.25, 0.3) is 0 Å². The fraction of sp³-hybridized carbons (Fsp3) is 0.333. The highest BCUT2D eigenvalue weighted by Crippen LogP contribution is 2.09. The van der Waals surface area contributed by atoms with Crippen LogP contribution >= 0.6 is 0 Å². The minimum Gasteiger partial charge on any atom is -0.466 e. The number of carbonyl (C=O) groups is 2. The maximum Gasteiger partial charge on any atom is 0.315 e. The number of rotatable bonds is 5. The zero-order valence-corrected chi connectivity index (χ0v) is 11.5. The number of hydrogen-bond donors (Lipinski definition) is 1. The minimum absolute atomic E-state index is 0.0321. The van der Waals surface area contributed by atoms with Crippen LogP contribution in [0.1, 0.15) is 18.9 Å². The average Bonchev–Trinajstić information content (AvgIpc) is 2.28. The summed E-state index contributed by atoms with van der Waals surface area (Å²) in [5.74, 6) is -1.68. The Hall–Kier alpha value is -1.89. The predicted octanol–water partition coefficient (Wildman–Crippen LogP) is 0.753. The molecule has 0 atom stereocenters. The molecule has 0 aliphatic heterocycles. The number of carbonyl (C=O) groups excluding carboxylic acids is 2. The lowest BCUT2D eigenvalue weighted by Crippen LogP contribution is -2.32. The molecule has 0 unspecified atom stereocenters. The molecule has 1 amide bonds. The molecule has 104 valence electrons. The first-order chi connectivity index (χ1) is 8.85. The Bertz CT molecular complexity index is 562. The second kappa shape index (κ2) is 6.33. The number of esters is 1. The SMILES string of the molecule is CCOC(=O)CC(=O)NS(=O)(=O)c1ccc(C)cc1. The van der Waals surface area contributed by atoms with Crippen molar-refractivity contribution in [2.45, 2.75) is 25.2 Å². The molecule has 0 spiro atoms. The van der Waals surface area contributed by atoms with Crippen LogP contribution in [-0.4, -0.2) is 26.9 Å². The average molecular weight is 285 g/mol. The van der Waals surface area contributed by atoms with Gasteiger partial charge in [-0.15, -0.1) is 0 Å². The fourth-order valence-corrected chi connectivity index (χ4v) is 2.29. The summed E-state index contributed by atoms with van der Waals surface area (Å²) in [5, 5.41) is 0. The molecule has 0 bridgehead atoms. The van der Waals surface area contributed by atoms with Gasteiger partial charge in [0.15, 0.2) is 0 Å². The van der Waals surface area contributed by atoms with Crippen LogP contribution in [-0.2, 0) is 24.3 Å². The molecule has 0 aliphatic rings. The normalized spacial score (nSPS) is 10.8. The summed E-state index contributed by atoms with van der Waals surface area (Å²) in [5.41, 5.74) is 0.900. The zero-order chi connectivity index (χ0) is 14.5. The van der Waals surface area contributed by atoms with Gasteiger partial charge in [-0.1, -0.05) is 17.7 Å². The van der Waals surface area contributed by atoms with Crippen molar-refractivity contribution in [2.24, 2.45) is 0 Å². The predicted molar refractivity (Wildman–Crippen MR) is 67.8 cm³/mol. The van der Waals surface area contributed by atoms with Gasteiger partial charge in [0.05, 0.1) is 11.5 Å². The van der Waals surface area contributed by atoms with E-state index < -0.39 is 28.3 Å². The first-order valence-corrected chi connectivity index (χ1v) is 7.11. The molecule has 1 rings (SSSR count). The number of nitrogens with one attached hydrogen (secondary N) is 1. The summed E-state index contributed by atoms with van der Waals surface area (Å²) in [6.45, 7) is 3.55. The quantitative estimate of drug-likeness (QED) is 0.637.